The molecule has 0 fully saturated rings. The molecule has 98 valence electrons. The lowest BCUT2D eigenvalue weighted by Gasteiger charge is -2.25. The van der Waals surface area contributed by atoms with Gasteiger partial charge in [0.2, 0.25) is 0 Å². The number of rotatable bonds is 6. The number of hydrogen-bond acceptors (Lipinski definition) is 3. The van der Waals surface area contributed by atoms with E-state index >= 15 is 0 Å². The largest absolute Gasteiger partial charge is 0.297 e. The molecule has 0 heterocycles. The van der Waals surface area contributed by atoms with Crippen LogP contribution in [0.2, 0.25) is 5.02 Å². The SMILES string of the molecule is CC(C)NC(C)(C#N)CCSc1cccc(Cl)c1. The summed E-state index contributed by atoms with van der Waals surface area (Å²) in [6.45, 7) is 6.06. The molecule has 0 aliphatic carbocycles. The highest BCUT2D eigenvalue weighted by Crippen LogP contribution is 2.24. The molecule has 1 unspecified atom stereocenters. The fraction of sp³-hybridized carbons (Fsp3) is 0.500. The zero-order valence-electron chi connectivity index (χ0n) is 11.0. The van der Waals surface area contributed by atoms with Gasteiger partial charge in [0.15, 0.2) is 0 Å². The van der Waals surface area contributed by atoms with Crippen LogP contribution in [0, 0.1) is 11.3 Å². The third kappa shape index (κ3) is 5.30. The lowest BCUT2D eigenvalue weighted by Crippen LogP contribution is -2.45. The summed E-state index contributed by atoms with van der Waals surface area (Å²) in [5.74, 6) is 0.893. The van der Waals surface area contributed by atoms with Crippen LogP contribution in [0.25, 0.3) is 0 Å². The van der Waals surface area contributed by atoms with Crippen LogP contribution in [-0.4, -0.2) is 17.3 Å². The summed E-state index contributed by atoms with van der Waals surface area (Å²) in [6.07, 6.45) is 0.804. The molecule has 0 aromatic heterocycles. The van der Waals surface area contributed by atoms with Gasteiger partial charge in [0, 0.05) is 21.7 Å². The predicted molar refractivity (Wildman–Crippen MR) is 79.1 cm³/mol. The topological polar surface area (TPSA) is 35.8 Å². The summed E-state index contributed by atoms with van der Waals surface area (Å²) < 4.78 is 0. The van der Waals surface area contributed by atoms with Crippen molar-refractivity contribution >= 4 is 23.4 Å². The van der Waals surface area contributed by atoms with Crippen molar-refractivity contribution < 1.29 is 0 Å². The van der Waals surface area contributed by atoms with E-state index < -0.39 is 5.54 Å². The van der Waals surface area contributed by atoms with Crippen molar-refractivity contribution in [2.45, 2.75) is 43.7 Å². The normalized spacial score (nSPS) is 14.2. The van der Waals surface area contributed by atoms with E-state index in [4.69, 9.17) is 11.6 Å². The number of nitrogens with one attached hydrogen (secondary N) is 1. The van der Waals surface area contributed by atoms with Gasteiger partial charge in [0.05, 0.1) is 6.07 Å². The van der Waals surface area contributed by atoms with E-state index in [0.717, 1.165) is 22.1 Å². The molecule has 0 spiro atoms. The van der Waals surface area contributed by atoms with Gasteiger partial charge < -0.3 is 0 Å². The van der Waals surface area contributed by atoms with Crippen molar-refractivity contribution in [1.82, 2.24) is 5.32 Å². The molecule has 0 aliphatic heterocycles. The van der Waals surface area contributed by atoms with Crippen molar-refractivity contribution in [3.8, 4) is 6.07 Å². The van der Waals surface area contributed by atoms with Gasteiger partial charge in [-0.2, -0.15) is 5.26 Å². The zero-order chi connectivity index (χ0) is 13.6. The van der Waals surface area contributed by atoms with Crippen LogP contribution in [0.4, 0.5) is 0 Å². The average molecular weight is 283 g/mol. The molecule has 2 nitrogen and oxygen atoms in total. The third-order valence-electron chi connectivity index (χ3n) is 2.52. The molecule has 1 N–H and O–H groups in total. The van der Waals surface area contributed by atoms with E-state index in [1.54, 1.807) is 11.8 Å². The van der Waals surface area contributed by atoms with Gasteiger partial charge in [-0.1, -0.05) is 17.7 Å². The second-order valence-electron chi connectivity index (χ2n) is 4.80. The van der Waals surface area contributed by atoms with Crippen LogP contribution in [0.1, 0.15) is 27.2 Å². The molecule has 1 rings (SSSR count). The lowest BCUT2D eigenvalue weighted by molar-refractivity contribution is 0.397. The van der Waals surface area contributed by atoms with Gasteiger partial charge in [0.25, 0.3) is 0 Å². The molecular formula is C14H19ClN2S. The number of nitrogens with zero attached hydrogens (tertiary/aromatic N) is 1. The molecular weight excluding hydrogens is 264 g/mol. The summed E-state index contributed by atoms with van der Waals surface area (Å²) in [6, 6.07) is 10.5. The summed E-state index contributed by atoms with van der Waals surface area (Å²) in [4.78, 5) is 1.15. The molecule has 0 amide bonds. The Hall–Kier alpha value is -0.690. The summed E-state index contributed by atoms with van der Waals surface area (Å²) >= 11 is 7.66. The van der Waals surface area contributed by atoms with Crippen molar-refractivity contribution in [3.05, 3.63) is 29.3 Å². The fourth-order valence-electron chi connectivity index (χ4n) is 1.73. The van der Waals surface area contributed by atoms with Crippen LogP contribution < -0.4 is 5.32 Å². The Morgan fingerprint density at radius 3 is 2.78 bits per heavy atom. The highest BCUT2D eigenvalue weighted by Gasteiger charge is 2.23. The van der Waals surface area contributed by atoms with Crippen LogP contribution in [-0.2, 0) is 0 Å². The van der Waals surface area contributed by atoms with Crippen molar-refractivity contribution in [2.24, 2.45) is 0 Å². The minimum Gasteiger partial charge on any atom is -0.297 e. The molecule has 18 heavy (non-hydrogen) atoms. The number of thioether (sulfide) groups is 1. The zero-order valence-corrected chi connectivity index (χ0v) is 12.6. The fourth-order valence-corrected chi connectivity index (χ4v) is 3.11. The highest BCUT2D eigenvalue weighted by atomic mass is 35.5. The Labute approximate surface area is 119 Å². The molecule has 0 saturated heterocycles. The Balaban J connectivity index is 2.47. The minimum absolute atomic E-state index is 0.311. The number of benzene rings is 1. The molecule has 0 saturated carbocycles. The average Bonchev–Trinajstić information content (AvgIpc) is 2.28. The maximum absolute atomic E-state index is 9.23. The Kier molecular flexibility index (Phi) is 6.01. The molecule has 0 bridgehead atoms. The second kappa shape index (κ2) is 7.04. The van der Waals surface area contributed by atoms with Gasteiger partial charge in [-0.05, 0) is 45.4 Å². The first-order valence-electron chi connectivity index (χ1n) is 6.02. The molecule has 1 atom stereocenters. The Bertz CT molecular complexity index is 428. The van der Waals surface area contributed by atoms with E-state index in [1.165, 1.54) is 0 Å². The first-order valence-corrected chi connectivity index (χ1v) is 7.39. The molecule has 1 aromatic rings. The number of nitriles is 1. The van der Waals surface area contributed by atoms with Crippen molar-refractivity contribution in [3.63, 3.8) is 0 Å². The van der Waals surface area contributed by atoms with E-state index in [9.17, 15) is 5.26 Å². The summed E-state index contributed by atoms with van der Waals surface area (Å²) in [7, 11) is 0. The van der Waals surface area contributed by atoms with Crippen LogP contribution in [0.3, 0.4) is 0 Å². The number of hydrogen-bond donors (Lipinski definition) is 1. The predicted octanol–water partition coefficient (Wildman–Crippen LogP) is 4.10. The van der Waals surface area contributed by atoms with Crippen LogP contribution >= 0.6 is 23.4 Å². The first-order chi connectivity index (χ1) is 8.45. The summed E-state index contributed by atoms with van der Waals surface area (Å²) in [5, 5.41) is 13.3. The van der Waals surface area contributed by atoms with Crippen molar-refractivity contribution in [2.75, 3.05) is 5.75 Å². The van der Waals surface area contributed by atoms with Crippen LogP contribution in [0.15, 0.2) is 29.2 Å². The maximum Gasteiger partial charge on any atom is 0.104 e. The van der Waals surface area contributed by atoms with E-state index in [-0.39, 0.29) is 0 Å². The quantitative estimate of drug-likeness (QED) is 0.798. The van der Waals surface area contributed by atoms with E-state index in [2.05, 4.69) is 25.2 Å². The first kappa shape index (κ1) is 15.4. The van der Waals surface area contributed by atoms with Gasteiger partial charge in [-0.3, -0.25) is 5.32 Å². The monoisotopic (exact) mass is 282 g/mol. The Morgan fingerprint density at radius 1 is 1.50 bits per heavy atom. The minimum atomic E-state index is -0.459. The highest BCUT2D eigenvalue weighted by molar-refractivity contribution is 7.99. The molecule has 0 radical (unpaired) electrons. The Morgan fingerprint density at radius 2 is 2.22 bits per heavy atom. The van der Waals surface area contributed by atoms with Gasteiger partial charge in [0.1, 0.15) is 5.54 Å². The van der Waals surface area contributed by atoms with Crippen LogP contribution in [0.5, 0.6) is 0 Å². The van der Waals surface area contributed by atoms with Gasteiger partial charge in [-0.25, -0.2) is 0 Å². The third-order valence-corrected chi connectivity index (χ3v) is 3.75. The molecule has 1 aromatic carbocycles. The smallest absolute Gasteiger partial charge is 0.104 e. The van der Waals surface area contributed by atoms with Gasteiger partial charge >= 0.3 is 0 Å². The number of halogens is 1. The molecule has 0 aliphatic rings. The maximum atomic E-state index is 9.23. The van der Waals surface area contributed by atoms with E-state index in [0.29, 0.717) is 6.04 Å². The molecule has 4 heteroatoms. The second-order valence-corrected chi connectivity index (χ2v) is 6.40. The van der Waals surface area contributed by atoms with E-state index in [1.807, 2.05) is 31.2 Å². The lowest BCUT2D eigenvalue weighted by atomic mass is 10.0. The standard InChI is InChI=1S/C14H19ClN2S/c1-11(2)17-14(3,10-16)7-8-18-13-6-4-5-12(15)9-13/h4-6,9,11,17H,7-8H2,1-3H3. The van der Waals surface area contributed by atoms with Crippen molar-refractivity contribution in [1.29, 1.82) is 5.26 Å². The van der Waals surface area contributed by atoms with Gasteiger partial charge in [-0.15, -0.1) is 11.8 Å². The summed E-state index contributed by atoms with van der Waals surface area (Å²) in [5.41, 5.74) is -0.459.